The summed E-state index contributed by atoms with van der Waals surface area (Å²) in [5.74, 6) is 2.88. The van der Waals surface area contributed by atoms with E-state index in [1.807, 2.05) is 30.5 Å². The maximum Gasteiger partial charge on any atom is 0.203 e. The Labute approximate surface area is 175 Å². The van der Waals surface area contributed by atoms with Gasteiger partial charge in [-0.3, -0.25) is 4.79 Å². The van der Waals surface area contributed by atoms with E-state index >= 15 is 0 Å². The zero-order chi connectivity index (χ0) is 21.0. The van der Waals surface area contributed by atoms with Gasteiger partial charge in [0.05, 0.1) is 40.5 Å². The molecular formula is C22H24O6S. The average Bonchev–Trinajstić information content (AvgIpc) is 2.91. The minimum atomic E-state index is 0.0411. The number of benzene rings is 2. The maximum atomic E-state index is 12.5. The topological polar surface area (TPSA) is 63.2 Å². The Morgan fingerprint density at radius 3 is 2.17 bits per heavy atom. The smallest absolute Gasteiger partial charge is 0.203 e. The van der Waals surface area contributed by atoms with E-state index in [0.29, 0.717) is 41.6 Å². The quantitative estimate of drug-likeness (QED) is 0.623. The molecule has 154 valence electrons. The minimum Gasteiger partial charge on any atom is -0.493 e. The van der Waals surface area contributed by atoms with Crippen molar-refractivity contribution >= 4 is 23.4 Å². The highest BCUT2D eigenvalue weighted by Crippen LogP contribution is 2.47. The molecule has 0 saturated carbocycles. The lowest BCUT2D eigenvalue weighted by Gasteiger charge is -2.20. The summed E-state index contributed by atoms with van der Waals surface area (Å²) in [5, 5.41) is 0. The van der Waals surface area contributed by atoms with Gasteiger partial charge in [-0.1, -0.05) is 6.07 Å². The molecule has 0 saturated heterocycles. The molecule has 0 atom stereocenters. The molecule has 7 heteroatoms. The predicted molar refractivity (Wildman–Crippen MR) is 114 cm³/mol. The van der Waals surface area contributed by atoms with E-state index in [9.17, 15) is 4.79 Å². The third-order valence-electron chi connectivity index (χ3n) is 4.80. The van der Waals surface area contributed by atoms with E-state index in [4.69, 9.17) is 23.1 Å². The van der Waals surface area contributed by atoms with Crippen molar-refractivity contribution in [1.29, 1.82) is 0 Å². The van der Waals surface area contributed by atoms with Gasteiger partial charge < -0.3 is 23.1 Å². The Hall–Kier alpha value is -2.80. The minimum absolute atomic E-state index is 0.0411. The van der Waals surface area contributed by atoms with Crippen molar-refractivity contribution in [3.05, 3.63) is 47.0 Å². The first kappa shape index (κ1) is 20.9. The Bertz CT molecular complexity index is 951. The molecule has 0 aliphatic heterocycles. The van der Waals surface area contributed by atoms with Crippen LogP contribution in [0.3, 0.4) is 0 Å². The van der Waals surface area contributed by atoms with Crippen molar-refractivity contribution in [3.63, 3.8) is 0 Å². The number of allylic oxidation sites excluding steroid dienone is 1. The molecule has 0 aromatic heterocycles. The molecule has 6 nitrogen and oxygen atoms in total. The van der Waals surface area contributed by atoms with Crippen LogP contribution in [0.4, 0.5) is 0 Å². The highest BCUT2D eigenvalue weighted by Gasteiger charge is 2.26. The van der Waals surface area contributed by atoms with Crippen LogP contribution in [-0.4, -0.2) is 40.5 Å². The van der Waals surface area contributed by atoms with Gasteiger partial charge in [-0.05, 0) is 47.4 Å². The molecule has 0 radical (unpaired) electrons. The summed E-state index contributed by atoms with van der Waals surface area (Å²) < 4.78 is 27.7. The highest BCUT2D eigenvalue weighted by atomic mass is 32.2. The Balaban J connectivity index is 2.26. The molecule has 2 aromatic rings. The van der Waals surface area contributed by atoms with Gasteiger partial charge in [0.1, 0.15) is 0 Å². The molecular weight excluding hydrogens is 392 g/mol. The third kappa shape index (κ3) is 4.00. The van der Waals surface area contributed by atoms with Gasteiger partial charge in [0.2, 0.25) is 5.75 Å². The molecule has 0 fully saturated rings. The van der Waals surface area contributed by atoms with Crippen LogP contribution in [0.5, 0.6) is 28.7 Å². The lowest BCUT2D eigenvalue weighted by molar-refractivity contribution is -0.114. The zero-order valence-corrected chi connectivity index (χ0v) is 18.0. The number of ketones is 1. The van der Waals surface area contributed by atoms with Crippen LogP contribution in [-0.2, 0) is 11.2 Å². The van der Waals surface area contributed by atoms with Crippen molar-refractivity contribution in [2.45, 2.75) is 12.8 Å². The molecule has 3 rings (SSSR count). The molecule has 0 amide bonds. The van der Waals surface area contributed by atoms with Crippen LogP contribution in [0, 0.1) is 0 Å². The predicted octanol–water partition coefficient (Wildman–Crippen LogP) is 4.32. The van der Waals surface area contributed by atoms with E-state index in [2.05, 4.69) is 0 Å². The Morgan fingerprint density at radius 1 is 0.828 bits per heavy atom. The van der Waals surface area contributed by atoms with Crippen LogP contribution in [0.15, 0.2) is 30.3 Å². The number of ether oxygens (including phenoxy) is 4. The van der Waals surface area contributed by atoms with Gasteiger partial charge in [-0.15, -0.1) is 0 Å². The fourth-order valence-corrected chi connectivity index (χ4v) is 3.81. The number of hydrogen-bond acceptors (Lipinski definition) is 7. The average molecular weight is 416 g/mol. The van der Waals surface area contributed by atoms with Crippen molar-refractivity contribution < 1.29 is 27.9 Å². The van der Waals surface area contributed by atoms with Gasteiger partial charge in [-0.2, -0.15) is 0 Å². The summed E-state index contributed by atoms with van der Waals surface area (Å²) >= 11 is 1.22. The van der Waals surface area contributed by atoms with Crippen molar-refractivity contribution in [2.75, 3.05) is 34.7 Å². The molecule has 0 unspecified atom stereocenters. The summed E-state index contributed by atoms with van der Waals surface area (Å²) in [6.07, 6.45) is 4.43. The van der Waals surface area contributed by atoms with Crippen molar-refractivity contribution in [2.24, 2.45) is 0 Å². The van der Waals surface area contributed by atoms with Gasteiger partial charge in [0.25, 0.3) is 0 Å². The second-order valence-corrected chi connectivity index (χ2v) is 6.81. The van der Waals surface area contributed by atoms with E-state index in [1.54, 1.807) is 34.5 Å². The molecule has 0 spiro atoms. The maximum absolute atomic E-state index is 12.5. The van der Waals surface area contributed by atoms with Gasteiger partial charge in [0, 0.05) is 18.2 Å². The summed E-state index contributed by atoms with van der Waals surface area (Å²) in [4.78, 5) is 12.5. The lowest BCUT2D eigenvalue weighted by atomic mass is 9.92. The molecule has 0 N–H and O–H groups in total. The Kier molecular flexibility index (Phi) is 6.59. The van der Waals surface area contributed by atoms with Crippen LogP contribution in [0.25, 0.3) is 5.57 Å². The fraction of sp³-hybridized carbons (Fsp3) is 0.318. The molecule has 1 aliphatic carbocycles. The molecule has 0 bridgehead atoms. The van der Waals surface area contributed by atoms with Crippen molar-refractivity contribution in [3.8, 4) is 28.7 Å². The number of fused-ring (bicyclic) bond motifs is 1. The van der Waals surface area contributed by atoms with E-state index in [-0.39, 0.29) is 5.78 Å². The third-order valence-corrected chi connectivity index (χ3v) is 5.14. The summed E-state index contributed by atoms with van der Waals surface area (Å²) in [6.45, 7) is 0. The largest absolute Gasteiger partial charge is 0.493 e. The van der Waals surface area contributed by atoms with Crippen LogP contribution in [0.2, 0.25) is 0 Å². The van der Waals surface area contributed by atoms with Crippen molar-refractivity contribution in [1.82, 2.24) is 0 Å². The molecule has 29 heavy (non-hydrogen) atoms. The first-order chi connectivity index (χ1) is 14.1. The van der Waals surface area contributed by atoms with Gasteiger partial charge in [0.15, 0.2) is 28.8 Å². The van der Waals surface area contributed by atoms with Crippen LogP contribution in [0.1, 0.15) is 23.1 Å². The molecule has 1 aliphatic rings. The number of carbonyl (C=O) groups is 1. The van der Waals surface area contributed by atoms with Crippen LogP contribution >= 0.6 is 12.0 Å². The first-order valence-corrected chi connectivity index (χ1v) is 10.2. The van der Waals surface area contributed by atoms with Crippen LogP contribution < -0.4 is 23.1 Å². The zero-order valence-electron chi connectivity index (χ0n) is 17.2. The second kappa shape index (κ2) is 9.13. The standard InChI is InChI=1S/C22H24O6S/c1-24-18-9-6-13(10-19(18)28-29-5)16-11-14(23)7-8-15-17(16)12-20(25-2)22(27-4)21(15)26-3/h6,9-12H,7-8H2,1-5H3. The van der Waals surface area contributed by atoms with Gasteiger partial charge in [-0.25, -0.2) is 0 Å². The number of carbonyl (C=O) groups excluding carboxylic acids is 1. The molecule has 2 aromatic carbocycles. The molecule has 0 heterocycles. The number of methoxy groups -OCH3 is 4. The van der Waals surface area contributed by atoms with E-state index < -0.39 is 0 Å². The summed E-state index contributed by atoms with van der Waals surface area (Å²) in [6, 6.07) is 7.49. The van der Waals surface area contributed by atoms with E-state index in [0.717, 1.165) is 22.3 Å². The van der Waals surface area contributed by atoms with E-state index in [1.165, 1.54) is 12.0 Å². The van der Waals surface area contributed by atoms with Gasteiger partial charge >= 0.3 is 0 Å². The first-order valence-electron chi connectivity index (χ1n) is 9.03. The summed E-state index contributed by atoms with van der Waals surface area (Å²) in [7, 11) is 6.33. The Morgan fingerprint density at radius 2 is 1.55 bits per heavy atom. The highest BCUT2D eigenvalue weighted by molar-refractivity contribution is 7.94. The second-order valence-electron chi connectivity index (χ2n) is 6.31. The lowest BCUT2D eigenvalue weighted by Crippen LogP contribution is -2.03. The normalized spacial score (nSPS) is 13.1. The summed E-state index contributed by atoms with van der Waals surface area (Å²) in [5.41, 5.74) is 3.38. The monoisotopic (exact) mass is 416 g/mol. The number of rotatable bonds is 7. The number of hydrogen-bond donors (Lipinski definition) is 0. The fourth-order valence-electron chi connectivity index (χ4n) is 3.50. The SMILES string of the molecule is COc1ccc(C2=CC(=O)CCc3c2cc(OC)c(OC)c3OC)cc1OSC.